The second-order valence-electron chi connectivity index (χ2n) is 8.45. The van der Waals surface area contributed by atoms with Gasteiger partial charge in [0.05, 0.1) is 21.6 Å². The lowest BCUT2D eigenvalue weighted by Gasteiger charge is -2.11. The van der Waals surface area contributed by atoms with Crippen LogP contribution in [0.1, 0.15) is 108 Å². The summed E-state index contributed by atoms with van der Waals surface area (Å²) in [6.45, 7) is 5.42. The summed E-state index contributed by atoms with van der Waals surface area (Å²) in [5.74, 6) is 0.0495. The highest BCUT2D eigenvalue weighted by molar-refractivity contribution is 7.91. The van der Waals surface area contributed by atoms with Crippen LogP contribution in [0, 0.1) is 30.0 Å². The predicted octanol–water partition coefficient (Wildman–Crippen LogP) is 7.27. The van der Waals surface area contributed by atoms with Gasteiger partial charge in [-0.2, -0.15) is 0 Å². The van der Waals surface area contributed by atoms with E-state index in [9.17, 15) is 18.5 Å². The topological polar surface area (TPSA) is 77.3 Å². The molecule has 0 fully saturated rings. The van der Waals surface area contributed by atoms with E-state index < -0.39 is 14.8 Å². The molecular formula is C24H40NO4S. The molecule has 30 heavy (non-hydrogen) atoms. The molecule has 0 aliphatic heterocycles. The number of sulfone groups is 1. The summed E-state index contributed by atoms with van der Waals surface area (Å²) in [5, 5.41) is 11.1. The predicted molar refractivity (Wildman–Crippen MR) is 124 cm³/mol. The maximum absolute atomic E-state index is 12.7. The van der Waals surface area contributed by atoms with Gasteiger partial charge in [0.1, 0.15) is 0 Å². The number of nitro benzene ring substituents is 1. The Labute approximate surface area is 183 Å². The van der Waals surface area contributed by atoms with Crippen molar-refractivity contribution < 1.29 is 13.3 Å². The third-order valence-corrected chi connectivity index (χ3v) is 7.82. The number of rotatable bonds is 17. The Hall–Kier alpha value is -1.43. The molecular weight excluding hydrogens is 398 g/mol. The number of hydrogen-bond acceptors (Lipinski definition) is 4. The first-order valence-corrected chi connectivity index (χ1v) is 13.4. The van der Waals surface area contributed by atoms with Crippen LogP contribution in [0.3, 0.4) is 0 Å². The van der Waals surface area contributed by atoms with Gasteiger partial charge in [0.25, 0.3) is 5.69 Å². The van der Waals surface area contributed by atoms with Crippen molar-refractivity contribution in [2.24, 2.45) is 0 Å². The summed E-state index contributed by atoms with van der Waals surface area (Å²) in [4.78, 5) is 10.6. The molecule has 0 amide bonds. The minimum atomic E-state index is -3.52. The average molecular weight is 439 g/mol. The Morgan fingerprint density at radius 3 is 1.70 bits per heavy atom. The van der Waals surface area contributed by atoms with E-state index >= 15 is 0 Å². The van der Waals surface area contributed by atoms with Gasteiger partial charge in [-0.3, -0.25) is 10.1 Å². The molecule has 0 spiro atoms. The van der Waals surface area contributed by atoms with Crippen molar-refractivity contribution in [1.82, 2.24) is 0 Å². The molecule has 0 atom stereocenters. The fraction of sp³-hybridized carbons (Fsp3) is 0.750. The van der Waals surface area contributed by atoms with Crippen LogP contribution in [0.4, 0.5) is 5.69 Å². The van der Waals surface area contributed by atoms with Crippen molar-refractivity contribution in [3.63, 3.8) is 0 Å². The van der Waals surface area contributed by atoms with Crippen LogP contribution in [0.5, 0.6) is 0 Å². The van der Waals surface area contributed by atoms with Crippen LogP contribution in [0.2, 0.25) is 0 Å². The van der Waals surface area contributed by atoms with Crippen molar-refractivity contribution in [3.8, 4) is 0 Å². The Bertz CT molecular complexity index is 744. The average Bonchev–Trinajstić information content (AvgIpc) is 2.67. The minimum Gasteiger partial charge on any atom is -0.258 e. The monoisotopic (exact) mass is 438 g/mol. The second-order valence-corrected chi connectivity index (χ2v) is 10.5. The molecule has 1 radical (unpaired) electrons. The lowest BCUT2D eigenvalue weighted by molar-refractivity contribution is -0.386. The molecule has 0 N–H and O–H groups in total. The molecule has 0 unspecified atom stereocenters. The molecule has 5 nitrogen and oxygen atoms in total. The number of hydrogen-bond donors (Lipinski definition) is 0. The SMILES string of the molecule is CCCCCCCCCCCCCCCCS(=O)(=O)c1c(C)c[c]c([N+](=O)[O-])c1C. The molecule has 6 heteroatoms. The van der Waals surface area contributed by atoms with Gasteiger partial charge in [-0.15, -0.1) is 0 Å². The Morgan fingerprint density at radius 2 is 1.27 bits per heavy atom. The molecule has 0 saturated carbocycles. The normalized spacial score (nSPS) is 11.7. The number of benzene rings is 1. The van der Waals surface area contributed by atoms with E-state index in [1.54, 1.807) is 6.92 Å². The Balaban J connectivity index is 2.21. The first-order chi connectivity index (χ1) is 14.3. The minimum absolute atomic E-state index is 0.0495. The largest absolute Gasteiger partial charge is 0.281 e. The van der Waals surface area contributed by atoms with Crippen LogP contribution >= 0.6 is 0 Å². The lowest BCUT2D eigenvalue weighted by Crippen LogP contribution is -2.11. The van der Waals surface area contributed by atoms with Gasteiger partial charge in [0, 0.05) is 5.56 Å². The summed E-state index contributed by atoms with van der Waals surface area (Å²) >= 11 is 0. The zero-order valence-corrected chi connectivity index (χ0v) is 20.0. The molecule has 0 aromatic heterocycles. The standard InChI is InChI=1S/C24H40NO4S/c1-4-5-6-7-8-9-10-11-12-13-14-15-16-17-20-30(28,29)24-21(2)18-19-23(22(24)3)25(26)27/h18H,4-17,20H2,1-3H3. The van der Waals surface area contributed by atoms with Crippen LogP contribution < -0.4 is 0 Å². The third-order valence-electron chi connectivity index (χ3n) is 5.74. The first kappa shape index (κ1) is 26.6. The Morgan fingerprint density at radius 1 is 0.833 bits per heavy atom. The van der Waals surface area contributed by atoms with E-state index in [1.807, 2.05) is 0 Å². The molecule has 1 aromatic carbocycles. The summed E-state index contributed by atoms with van der Waals surface area (Å²) in [6.07, 6.45) is 17.0. The van der Waals surface area contributed by atoms with Crippen molar-refractivity contribution >= 4 is 15.5 Å². The lowest BCUT2D eigenvalue weighted by atomic mass is 10.0. The van der Waals surface area contributed by atoms with Crippen LogP contribution in [0.25, 0.3) is 0 Å². The summed E-state index contributed by atoms with van der Waals surface area (Å²) in [7, 11) is -3.52. The molecule has 0 bridgehead atoms. The van der Waals surface area contributed by atoms with Crippen molar-refractivity contribution in [2.45, 2.75) is 116 Å². The van der Waals surface area contributed by atoms with Gasteiger partial charge in [-0.1, -0.05) is 90.4 Å². The van der Waals surface area contributed by atoms with Gasteiger partial charge < -0.3 is 0 Å². The van der Waals surface area contributed by atoms with Gasteiger partial charge in [-0.25, -0.2) is 8.42 Å². The van der Waals surface area contributed by atoms with Gasteiger partial charge in [-0.05, 0) is 31.9 Å². The number of nitro groups is 1. The van der Waals surface area contributed by atoms with E-state index in [2.05, 4.69) is 13.0 Å². The van der Waals surface area contributed by atoms with Crippen LogP contribution in [-0.4, -0.2) is 19.1 Å². The van der Waals surface area contributed by atoms with Gasteiger partial charge in [0.15, 0.2) is 9.84 Å². The quantitative estimate of drug-likeness (QED) is 0.146. The summed E-state index contributed by atoms with van der Waals surface area (Å²) in [6, 6.07) is 3.98. The second kappa shape index (κ2) is 14.6. The van der Waals surface area contributed by atoms with Crippen LogP contribution in [0.15, 0.2) is 11.0 Å². The molecule has 1 rings (SSSR count). The number of aryl methyl sites for hydroxylation is 1. The van der Waals surface area contributed by atoms with Crippen molar-refractivity contribution in [3.05, 3.63) is 33.4 Å². The summed E-state index contributed by atoms with van der Waals surface area (Å²) in [5.41, 5.74) is 0.481. The van der Waals surface area contributed by atoms with Crippen molar-refractivity contribution in [2.75, 3.05) is 5.75 Å². The molecule has 1 aromatic rings. The maximum atomic E-state index is 12.7. The molecule has 0 heterocycles. The smallest absolute Gasteiger partial charge is 0.258 e. The zero-order valence-electron chi connectivity index (χ0n) is 19.2. The summed E-state index contributed by atoms with van der Waals surface area (Å²) < 4.78 is 25.5. The molecule has 0 aliphatic rings. The van der Waals surface area contributed by atoms with Gasteiger partial charge >= 0.3 is 0 Å². The van der Waals surface area contributed by atoms with E-state index in [0.717, 1.165) is 19.3 Å². The highest BCUT2D eigenvalue weighted by Crippen LogP contribution is 2.29. The highest BCUT2D eigenvalue weighted by Gasteiger charge is 2.25. The Kier molecular flexibility index (Phi) is 12.9. The maximum Gasteiger partial charge on any atom is 0.281 e. The van der Waals surface area contributed by atoms with E-state index in [-0.39, 0.29) is 21.9 Å². The van der Waals surface area contributed by atoms with E-state index in [1.165, 1.54) is 77.2 Å². The first-order valence-electron chi connectivity index (χ1n) is 11.7. The number of unbranched alkanes of at least 4 members (excludes halogenated alkanes) is 13. The fourth-order valence-corrected chi connectivity index (χ4v) is 5.91. The van der Waals surface area contributed by atoms with Gasteiger partial charge in [0.2, 0.25) is 0 Å². The van der Waals surface area contributed by atoms with E-state index in [0.29, 0.717) is 12.0 Å². The molecule has 0 saturated heterocycles. The van der Waals surface area contributed by atoms with E-state index in [4.69, 9.17) is 0 Å². The van der Waals surface area contributed by atoms with Crippen molar-refractivity contribution in [1.29, 1.82) is 0 Å². The highest BCUT2D eigenvalue weighted by atomic mass is 32.2. The van der Waals surface area contributed by atoms with Crippen LogP contribution in [-0.2, 0) is 9.84 Å². The third kappa shape index (κ3) is 9.59. The zero-order chi connectivity index (χ0) is 22.4. The molecule has 171 valence electrons. The fourth-order valence-electron chi connectivity index (χ4n) is 4.01. The number of nitrogens with zero attached hydrogens (tertiary/aromatic N) is 1. The molecule has 0 aliphatic carbocycles.